The maximum atomic E-state index is 12.5. The van der Waals surface area contributed by atoms with Gasteiger partial charge in [-0.25, -0.2) is 0 Å². The molecular formula is C22H24N6O. The van der Waals surface area contributed by atoms with E-state index in [1.165, 1.54) is 18.4 Å². The third-order valence-electron chi connectivity index (χ3n) is 5.83. The molecule has 1 atom stereocenters. The van der Waals surface area contributed by atoms with Crippen LogP contribution in [0.5, 0.6) is 0 Å². The van der Waals surface area contributed by atoms with Crippen LogP contribution in [0.25, 0.3) is 5.82 Å². The van der Waals surface area contributed by atoms with Crippen molar-refractivity contribution in [3.63, 3.8) is 0 Å². The lowest BCUT2D eigenvalue weighted by molar-refractivity contribution is -0.116. The van der Waals surface area contributed by atoms with E-state index < -0.39 is 0 Å². The van der Waals surface area contributed by atoms with Crippen molar-refractivity contribution < 1.29 is 4.79 Å². The first kappa shape index (κ1) is 17.8. The van der Waals surface area contributed by atoms with Crippen molar-refractivity contribution in [2.75, 3.05) is 23.3 Å². The van der Waals surface area contributed by atoms with E-state index in [9.17, 15) is 4.79 Å². The number of aryl methyl sites for hydroxylation is 2. The quantitative estimate of drug-likeness (QED) is 0.745. The molecule has 5 rings (SSSR count). The van der Waals surface area contributed by atoms with E-state index >= 15 is 0 Å². The van der Waals surface area contributed by atoms with E-state index in [4.69, 9.17) is 5.10 Å². The molecular weight excluding hydrogens is 364 g/mol. The number of amides is 1. The highest BCUT2D eigenvalue weighted by molar-refractivity contribution is 5.95. The highest BCUT2D eigenvalue weighted by atomic mass is 16.1. The van der Waals surface area contributed by atoms with Gasteiger partial charge in [0.2, 0.25) is 5.91 Å². The van der Waals surface area contributed by atoms with Crippen LogP contribution in [-0.4, -0.2) is 39.0 Å². The van der Waals surface area contributed by atoms with E-state index in [2.05, 4.69) is 45.5 Å². The van der Waals surface area contributed by atoms with Crippen LogP contribution in [-0.2, 0) is 4.79 Å². The Labute approximate surface area is 169 Å². The predicted molar refractivity (Wildman–Crippen MR) is 112 cm³/mol. The van der Waals surface area contributed by atoms with Crippen molar-refractivity contribution >= 4 is 17.5 Å². The van der Waals surface area contributed by atoms with Crippen LogP contribution >= 0.6 is 0 Å². The second kappa shape index (κ2) is 6.99. The number of carbonyl (C=O) groups is 1. The minimum Gasteiger partial charge on any atom is -0.355 e. The largest absolute Gasteiger partial charge is 0.355 e. The molecule has 2 aliphatic heterocycles. The number of hydrogen-bond acceptors (Lipinski definition) is 5. The van der Waals surface area contributed by atoms with E-state index in [-0.39, 0.29) is 11.8 Å². The average Bonchev–Trinajstić information content (AvgIpc) is 3.36. The summed E-state index contributed by atoms with van der Waals surface area (Å²) < 4.78 is 1.71. The Hall–Kier alpha value is -3.22. The van der Waals surface area contributed by atoms with Gasteiger partial charge < -0.3 is 10.2 Å². The van der Waals surface area contributed by atoms with Crippen LogP contribution in [0.15, 0.2) is 36.4 Å². The molecule has 1 saturated heterocycles. The van der Waals surface area contributed by atoms with Gasteiger partial charge in [0.15, 0.2) is 11.6 Å². The standard InChI is InChI=1S/C22H24N6O/c1-14-6-5-7-16(12-14)17-13-20(29)23-22-21(17)15(2)26-28(22)19-9-8-18(24-25-19)27-10-3-4-11-27/h5-9,12,17H,3-4,10-11,13H2,1-2H3,(H,23,29). The van der Waals surface area contributed by atoms with Gasteiger partial charge in [-0.3, -0.25) is 4.79 Å². The van der Waals surface area contributed by atoms with E-state index in [0.29, 0.717) is 18.1 Å². The van der Waals surface area contributed by atoms with Crippen LogP contribution in [0.4, 0.5) is 11.6 Å². The smallest absolute Gasteiger partial charge is 0.226 e. The number of hydrogen-bond donors (Lipinski definition) is 1. The van der Waals surface area contributed by atoms with Crippen LogP contribution < -0.4 is 10.2 Å². The van der Waals surface area contributed by atoms with Crippen molar-refractivity contribution in [1.29, 1.82) is 0 Å². The van der Waals surface area contributed by atoms with Gasteiger partial charge in [-0.1, -0.05) is 29.8 Å². The molecule has 0 saturated carbocycles. The van der Waals surface area contributed by atoms with Gasteiger partial charge >= 0.3 is 0 Å². The molecule has 7 heteroatoms. The van der Waals surface area contributed by atoms with Crippen molar-refractivity contribution in [3.05, 3.63) is 58.8 Å². The molecule has 0 radical (unpaired) electrons. The molecule has 3 aromatic rings. The maximum Gasteiger partial charge on any atom is 0.226 e. The Bertz CT molecular complexity index is 1070. The molecule has 1 unspecified atom stereocenters. The van der Waals surface area contributed by atoms with E-state index in [1.807, 2.05) is 25.1 Å². The third-order valence-corrected chi connectivity index (χ3v) is 5.83. The SMILES string of the molecule is Cc1cccc(C2CC(=O)Nc3c2c(C)nn3-c2ccc(N3CCCC3)nn2)c1. The Morgan fingerprint density at radius 2 is 1.79 bits per heavy atom. The molecule has 29 heavy (non-hydrogen) atoms. The van der Waals surface area contributed by atoms with Crippen molar-refractivity contribution in [2.45, 2.75) is 39.0 Å². The highest BCUT2D eigenvalue weighted by Crippen LogP contribution is 2.40. The Morgan fingerprint density at radius 1 is 1.03 bits per heavy atom. The van der Waals surface area contributed by atoms with Gasteiger partial charge in [0, 0.05) is 31.0 Å². The fraction of sp³-hybridized carbons (Fsp3) is 0.364. The summed E-state index contributed by atoms with van der Waals surface area (Å²) in [6.07, 6.45) is 2.81. The number of fused-ring (bicyclic) bond motifs is 1. The van der Waals surface area contributed by atoms with Crippen molar-refractivity contribution in [1.82, 2.24) is 20.0 Å². The summed E-state index contributed by atoms with van der Waals surface area (Å²) in [6.45, 7) is 6.11. The second-order valence-electron chi connectivity index (χ2n) is 7.92. The molecule has 4 heterocycles. The molecule has 1 aromatic carbocycles. The summed E-state index contributed by atoms with van der Waals surface area (Å²) >= 11 is 0. The molecule has 2 aromatic heterocycles. The minimum atomic E-state index is -0.00997. The van der Waals surface area contributed by atoms with Crippen molar-refractivity contribution in [2.24, 2.45) is 0 Å². The molecule has 7 nitrogen and oxygen atoms in total. The number of nitrogens with zero attached hydrogens (tertiary/aromatic N) is 5. The fourth-order valence-electron chi connectivity index (χ4n) is 4.43. The topological polar surface area (TPSA) is 75.9 Å². The molecule has 0 spiro atoms. The first-order valence-corrected chi connectivity index (χ1v) is 10.1. The molecule has 0 bridgehead atoms. The second-order valence-corrected chi connectivity index (χ2v) is 7.92. The van der Waals surface area contributed by atoms with Gasteiger partial charge in [-0.05, 0) is 44.4 Å². The van der Waals surface area contributed by atoms with E-state index in [0.717, 1.165) is 35.7 Å². The van der Waals surface area contributed by atoms with Gasteiger partial charge in [0.1, 0.15) is 5.82 Å². The molecule has 1 fully saturated rings. The predicted octanol–water partition coefficient (Wildman–Crippen LogP) is 3.35. The summed E-state index contributed by atoms with van der Waals surface area (Å²) in [6, 6.07) is 12.3. The normalized spacial score (nSPS) is 18.6. The molecule has 0 aliphatic carbocycles. The summed E-state index contributed by atoms with van der Waals surface area (Å²) in [5.74, 6) is 2.19. The average molecular weight is 388 g/mol. The zero-order valence-corrected chi connectivity index (χ0v) is 16.7. The number of aromatic nitrogens is 4. The maximum absolute atomic E-state index is 12.5. The Morgan fingerprint density at radius 3 is 2.52 bits per heavy atom. The number of benzene rings is 1. The number of nitrogens with one attached hydrogen (secondary N) is 1. The van der Waals surface area contributed by atoms with Gasteiger partial charge in [0.25, 0.3) is 0 Å². The van der Waals surface area contributed by atoms with Crippen molar-refractivity contribution in [3.8, 4) is 5.82 Å². The Kier molecular flexibility index (Phi) is 4.30. The Balaban J connectivity index is 1.55. The van der Waals surface area contributed by atoms with Crippen LogP contribution in [0.3, 0.4) is 0 Å². The summed E-state index contributed by atoms with van der Waals surface area (Å²) in [4.78, 5) is 14.8. The third kappa shape index (κ3) is 3.16. The lowest BCUT2D eigenvalue weighted by Crippen LogP contribution is -2.25. The van der Waals surface area contributed by atoms with Crippen LogP contribution in [0.2, 0.25) is 0 Å². The van der Waals surface area contributed by atoms with Gasteiger partial charge in [-0.15, -0.1) is 10.2 Å². The van der Waals surface area contributed by atoms with E-state index in [1.54, 1.807) is 4.68 Å². The number of rotatable bonds is 3. The molecule has 1 amide bonds. The summed E-state index contributed by atoms with van der Waals surface area (Å²) in [7, 11) is 0. The first-order valence-electron chi connectivity index (χ1n) is 10.1. The minimum absolute atomic E-state index is 0.00759. The number of anilines is 2. The summed E-state index contributed by atoms with van der Waals surface area (Å²) in [5, 5.41) is 16.5. The summed E-state index contributed by atoms with van der Waals surface area (Å²) in [5.41, 5.74) is 4.28. The lowest BCUT2D eigenvalue weighted by atomic mass is 9.85. The fourth-order valence-corrected chi connectivity index (χ4v) is 4.43. The van der Waals surface area contributed by atoms with Gasteiger partial charge in [-0.2, -0.15) is 9.78 Å². The van der Waals surface area contributed by atoms with Crippen LogP contribution in [0, 0.1) is 13.8 Å². The lowest BCUT2D eigenvalue weighted by Gasteiger charge is -2.24. The van der Waals surface area contributed by atoms with Gasteiger partial charge in [0.05, 0.1) is 5.69 Å². The van der Waals surface area contributed by atoms with Crippen LogP contribution in [0.1, 0.15) is 47.6 Å². The first-order chi connectivity index (χ1) is 14.1. The highest BCUT2D eigenvalue weighted by Gasteiger charge is 2.33. The molecule has 1 N–H and O–H groups in total. The molecule has 2 aliphatic rings. The zero-order chi connectivity index (χ0) is 20.0. The zero-order valence-electron chi connectivity index (χ0n) is 16.7. The number of carbonyl (C=O) groups excluding carboxylic acids is 1. The molecule has 148 valence electrons. The monoisotopic (exact) mass is 388 g/mol.